The van der Waals surface area contributed by atoms with Crippen molar-refractivity contribution in [2.75, 3.05) is 33.9 Å². The third kappa shape index (κ3) is 7.74. The van der Waals surface area contributed by atoms with Gasteiger partial charge in [-0.15, -0.1) is 35.3 Å². The minimum absolute atomic E-state index is 0. The van der Waals surface area contributed by atoms with E-state index in [1.807, 2.05) is 11.3 Å². The molecule has 0 unspecified atom stereocenters. The molecule has 0 bridgehead atoms. The van der Waals surface area contributed by atoms with Gasteiger partial charge in [0.05, 0.1) is 9.49 Å². The van der Waals surface area contributed by atoms with E-state index in [4.69, 9.17) is 4.74 Å². The van der Waals surface area contributed by atoms with Gasteiger partial charge in [0.15, 0.2) is 5.96 Å². The molecule has 0 aromatic carbocycles. The van der Waals surface area contributed by atoms with Gasteiger partial charge in [-0.05, 0) is 41.1 Å². The Hall–Kier alpha value is 0.390. The summed E-state index contributed by atoms with van der Waals surface area (Å²) in [4.78, 5) is 5.53. The molecule has 0 saturated carbocycles. The maximum atomic E-state index is 4.97. The van der Waals surface area contributed by atoms with Crippen LogP contribution in [0.25, 0.3) is 0 Å². The average Bonchev–Trinajstić information content (AvgIpc) is 2.73. The molecule has 0 fully saturated rings. The molecule has 0 radical (unpaired) electrons. The number of ether oxygens (including phenoxy) is 1. The van der Waals surface area contributed by atoms with Crippen molar-refractivity contribution in [1.29, 1.82) is 0 Å². The van der Waals surface area contributed by atoms with E-state index in [1.54, 1.807) is 14.2 Å². The first-order chi connectivity index (χ1) is 8.26. The van der Waals surface area contributed by atoms with Crippen LogP contribution in [0.2, 0.25) is 0 Å². The highest BCUT2D eigenvalue weighted by Crippen LogP contribution is 2.18. The molecule has 1 rings (SSSR count). The third-order valence-corrected chi connectivity index (χ3v) is 4.07. The second kappa shape index (κ2) is 11.2. The number of nitrogens with one attached hydrogen (secondary N) is 2. The van der Waals surface area contributed by atoms with Gasteiger partial charge in [0.25, 0.3) is 0 Å². The summed E-state index contributed by atoms with van der Waals surface area (Å²) >= 11 is 4.18. The minimum Gasteiger partial charge on any atom is -0.383 e. The van der Waals surface area contributed by atoms with Gasteiger partial charge >= 0.3 is 0 Å². The summed E-state index contributed by atoms with van der Waals surface area (Å²) in [5.41, 5.74) is 0. The molecule has 104 valence electrons. The topological polar surface area (TPSA) is 45.7 Å². The number of rotatable bonds is 6. The largest absolute Gasteiger partial charge is 0.383 e. The van der Waals surface area contributed by atoms with Crippen molar-refractivity contribution in [3.8, 4) is 0 Å². The van der Waals surface area contributed by atoms with Crippen molar-refractivity contribution in [3.05, 3.63) is 19.9 Å². The molecule has 0 aliphatic carbocycles. The van der Waals surface area contributed by atoms with Gasteiger partial charge in [-0.25, -0.2) is 0 Å². The van der Waals surface area contributed by atoms with E-state index in [0.717, 1.165) is 25.5 Å². The fraction of sp³-hybridized carbons (Fsp3) is 0.545. The van der Waals surface area contributed by atoms with Crippen LogP contribution >= 0.6 is 57.9 Å². The smallest absolute Gasteiger partial charge is 0.191 e. The van der Waals surface area contributed by atoms with Crippen LogP contribution in [-0.4, -0.2) is 39.8 Å². The maximum Gasteiger partial charge on any atom is 0.191 e. The highest BCUT2D eigenvalue weighted by atomic mass is 127. The quantitative estimate of drug-likeness (QED) is 0.276. The molecule has 0 atom stereocenters. The van der Waals surface area contributed by atoms with Crippen molar-refractivity contribution in [2.45, 2.75) is 6.42 Å². The normalized spacial score (nSPS) is 10.9. The summed E-state index contributed by atoms with van der Waals surface area (Å²) in [7, 11) is 3.46. The van der Waals surface area contributed by atoms with E-state index >= 15 is 0 Å². The lowest BCUT2D eigenvalue weighted by molar-refractivity contribution is 0.203. The Morgan fingerprint density at radius 2 is 2.11 bits per heavy atom. The van der Waals surface area contributed by atoms with Gasteiger partial charge in [0.1, 0.15) is 0 Å². The molecule has 18 heavy (non-hydrogen) atoms. The molecule has 0 saturated heterocycles. The van der Waals surface area contributed by atoms with E-state index in [1.165, 1.54) is 7.76 Å². The maximum absolute atomic E-state index is 4.97. The first-order valence-electron chi connectivity index (χ1n) is 5.44. The Bertz CT molecular complexity index is 358. The fourth-order valence-electron chi connectivity index (χ4n) is 1.28. The van der Waals surface area contributed by atoms with E-state index in [0.29, 0.717) is 6.61 Å². The molecule has 1 aromatic rings. The van der Waals surface area contributed by atoms with Crippen LogP contribution in [0.1, 0.15) is 4.88 Å². The second-order valence-electron chi connectivity index (χ2n) is 3.37. The summed E-state index contributed by atoms with van der Waals surface area (Å²) in [6.45, 7) is 2.35. The minimum atomic E-state index is 0. The second-order valence-corrected chi connectivity index (χ2v) is 6.44. The number of guanidine groups is 1. The number of halogens is 2. The molecule has 0 aliphatic heterocycles. The Morgan fingerprint density at radius 1 is 1.39 bits per heavy atom. The molecule has 1 aromatic heterocycles. The molecule has 0 amide bonds. The van der Waals surface area contributed by atoms with Crippen LogP contribution in [-0.2, 0) is 11.2 Å². The average molecular weight is 495 g/mol. The summed E-state index contributed by atoms with van der Waals surface area (Å²) in [6, 6.07) is 4.32. The first-order valence-corrected chi connectivity index (χ1v) is 7.33. The molecular weight excluding hydrogens is 476 g/mol. The van der Waals surface area contributed by atoms with Gasteiger partial charge in [0, 0.05) is 32.1 Å². The Labute approximate surface area is 143 Å². The van der Waals surface area contributed by atoms with Crippen molar-refractivity contribution in [3.63, 3.8) is 0 Å². The van der Waals surface area contributed by atoms with E-state index < -0.39 is 0 Å². The van der Waals surface area contributed by atoms with Crippen LogP contribution < -0.4 is 10.6 Å². The molecule has 0 aliphatic rings. The number of nitrogens with zero attached hydrogens (tertiary/aromatic N) is 1. The highest BCUT2D eigenvalue weighted by Gasteiger charge is 1.99. The molecule has 1 heterocycles. The van der Waals surface area contributed by atoms with Gasteiger partial charge in [0.2, 0.25) is 0 Å². The van der Waals surface area contributed by atoms with Crippen LogP contribution in [0.15, 0.2) is 17.1 Å². The van der Waals surface area contributed by atoms with Gasteiger partial charge < -0.3 is 15.4 Å². The Kier molecular flexibility index (Phi) is 11.5. The Morgan fingerprint density at radius 3 is 2.67 bits per heavy atom. The molecule has 2 N–H and O–H groups in total. The predicted molar refractivity (Wildman–Crippen MR) is 97.4 cm³/mol. The molecule has 4 nitrogen and oxygen atoms in total. The van der Waals surface area contributed by atoms with Crippen LogP contribution in [0.4, 0.5) is 0 Å². The zero-order chi connectivity index (χ0) is 12.5. The van der Waals surface area contributed by atoms with Crippen LogP contribution in [0.3, 0.4) is 0 Å². The van der Waals surface area contributed by atoms with Gasteiger partial charge in [-0.3, -0.25) is 4.99 Å². The summed E-state index contributed by atoms with van der Waals surface area (Å²) in [5, 5.41) is 6.45. The van der Waals surface area contributed by atoms with Crippen LogP contribution in [0.5, 0.6) is 0 Å². The van der Waals surface area contributed by atoms with Gasteiger partial charge in [-0.2, -0.15) is 0 Å². The van der Waals surface area contributed by atoms with Gasteiger partial charge in [-0.1, -0.05) is 0 Å². The third-order valence-electron chi connectivity index (χ3n) is 2.11. The lowest BCUT2D eigenvalue weighted by Crippen LogP contribution is -2.39. The van der Waals surface area contributed by atoms with Crippen molar-refractivity contribution < 1.29 is 4.74 Å². The highest BCUT2D eigenvalue weighted by molar-refractivity contribution is 14.1. The molecule has 7 heteroatoms. The summed E-state index contributed by atoms with van der Waals surface area (Å²) in [6.07, 6.45) is 1.03. The number of aliphatic imine (C=N–C) groups is 1. The number of methoxy groups -OCH3 is 1. The Balaban J connectivity index is 0.00000289. The zero-order valence-corrected chi connectivity index (χ0v) is 15.8. The SMILES string of the molecule is CN=C(NCCOC)NCCc1ccc(I)s1.I. The summed E-state index contributed by atoms with van der Waals surface area (Å²) in [5.74, 6) is 0.827. The molecule has 0 spiro atoms. The fourth-order valence-corrected chi connectivity index (χ4v) is 3.04. The molecular formula is C11H19I2N3OS. The van der Waals surface area contributed by atoms with E-state index in [2.05, 4.69) is 50.3 Å². The number of thiophene rings is 1. The zero-order valence-electron chi connectivity index (χ0n) is 10.5. The predicted octanol–water partition coefficient (Wildman–Crippen LogP) is 2.32. The lowest BCUT2D eigenvalue weighted by atomic mass is 10.3. The first kappa shape index (κ1) is 18.4. The van der Waals surface area contributed by atoms with E-state index in [-0.39, 0.29) is 24.0 Å². The lowest BCUT2D eigenvalue weighted by Gasteiger charge is -2.10. The number of hydrogen-bond donors (Lipinski definition) is 2. The van der Waals surface area contributed by atoms with Crippen molar-refractivity contribution in [1.82, 2.24) is 10.6 Å². The van der Waals surface area contributed by atoms with Crippen molar-refractivity contribution >= 4 is 63.9 Å². The van der Waals surface area contributed by atoms with Crippen LogP contribution in [0, 0.1) is 2.88 Å². The van der Waals surface area contributed by atoms with Crippen molar-refractivity contribution in [2.24, 2.45) is 4.99 Å². The monoisotopic (exact) mass is 495 g/mol. The number of hydrogen-bond acceptors (Lipinski definition) is 3. The van der Waals surface area contributed by atoms with E-state index in [9.17, 15) is 0 Å². The standard InChI is InChI=1S/C11H18IN3OS.HI/c1-13-11(15-7-8-16-2)14-6-5-9-3-4-10(12)17-9;/h3-4H,5-8H2,1-2H3,(H2,13,14,15);1H. The summed E-state index contributed by atoms with van der Waals surface area (Å²) < 4.78 is 6.30.